The van der Waals surface area contributed by atoms with E-state index in [0.717, 1.165) is 31.5 Å². The Balaban J connectivity index is 1.63. The molecule has 1 saturated carbocycles. The van der Waals surface area contributed by atoms with Crippen LogP contribution in [0.5, 0.6) is 0 Å². The van der Waals surface area contributed by atoms with Gasteiger partial charge in [-0.25, -0.2) is 4.98 Å². The van der Waals surface area contributed by atoms with Gasteiger partial charge in [0.25, 0.3) is 0 Å². The van der Waals surface area contributed by atoms with Crippen LogP contribution in [-0.4, -0.2) is 31.8 Å². The van der Waals surface area contributed by atoms with E-state index in [1.807, 2.05) is 5.51 Å². The second-order valence-electron chi connectivity index (χ2n) is 3.71. The summed E-state index contributed by atoms with van der Waals surface area (Å²) in [6.07, 6.45) is 1.30. The summed E-state index contributed by atoms with van der Waals surface area (Å²) in [5.41, 5.74) is 3.21. The summed E-state index contributed by atoms with van der Waals surface area (Å²) in [6, 6.07) is 0. The smallest absolute Gasteiger partial charge is 0.0794 e. The molecule has 0 radical (unpaired) electrons. The maximum absolute atomic E-state index is 4.97. The molecule has 14 heavy (non-hydrogen) atoms. The Morgan fingerprint density at radius 1 is 1.71 bits per heavy atom. The SMILES string of the molecule is COCCNCC1CC1c1cscn1. The molecule has 0 aliphatic heterocycles. The summed E-state index contributed by atoms with van der Waals surface area (Å²) in [5.74, 6) is 1.52. The van der Waals surface area contributed by atoms with E-state index in [4.69, 9.17) is 4.74 Å². The lowest BCUT2D eigenvalue weighted by Gasteiger charge is -2.02. The second kappa shape index (κ2) is 4.87. The fourth-order valence-electron chi connectivity index (χ4n) is 1.70. The molecule has 1 aromatic rings. The van der Waals surface area contributed by atoms with E-state index in [0.29, 0.717) is 0 Å². The monoisotopic (exact) mass is 212 g/mol. The van der Waals surface area contributed by atoms with E-state index in [1.165, 1.54) is 12.1 Å². The highest BCUT2D eigenvalue weighted by molar-refractivity contribution is 7.07. The molecule has 1 heterocycles. The number of nitrogens with zero attached hydrogens (tertiary/aromatic N) is 1. The number of thiazole rings is 1. The Bertz CT molecular complexity index is 263. The van der Waals surface area contributed by atoms with Gasteiger partial charge in [-0.15, -0.1) is 11.3 Å². The molecule has 2 rings (SSSR count). The molecule has 0 spiro atoms. The maximum Gasteiger partial charge on any atom is 0.0794 e. The molecular weight excluding hydrogens is 196 g/mol. The van der Waals surface area contributed by atoms with E-state index in [-0.39, 0.29) is 0 Å². The molecule has 1 aromatic heterocycles. The van der Waals surface area contributed by atoms with Crippen LogP contribution >= 0.6 is 11.3 Å². The van der Waals surface area contributed by atoms with Crippen molar-refractivity contribution in [1.82, 2.24) is 10.3 Å². The Labute approximate surface area is 88.5 Å². The van der Waals surface area contributed by atoms with Gasteiger partial charge in [0, 0.05) is 25.0 Å². The van der Waals surface area contributed by atoms with Crippen molar-refractivity contribution < 1.29 is 4.74 Å². The minimum absolute atomic E-state index is 0.719. The molecule has 2 atom stereocenters. The summed E-state index contributed by atoms with van der Waals surface area (Å²) in [5, 5.41) is 5.56. The number of methoxy groups -OCH3 is 1. The van der Waals surface area contributed by atoms with E-state index < -0.39 is 0 Å². The van der Waals surface area contributed by atoms with E-state index >= 15 is 0 Å². The predicted octanol–water partition coefficient (Wildman–Crippen LogP) is 1.48. The lowest BCUT2D eigenvalue weighted by molar-refractivity contribution is 0.199. The van der Waals surface area contributed by atoms with Crippen molar-refractivity contribution in [2.75, 3.05) is 26.8 Å². The first-order valence-corrected chi connectivity index (χ1v) is 5.94. The molecule has 0 amide bonds. The molecule has 0 aromatic carbocycles. The lowest BCUT2D eigenvalue weighted by Crippen LogP contribution is -2.21. The number of hydrogen-bond donors (Lipinski definition) is 1. The number of nitrogens with one attached hydrogen (secondary N) is 1. The van der Waals surface area contributed by atoms with Gasteiger partial charge in [0.15, 0.2) is 0 Å². The fourth-order valence-corrected chi connectivity index (χ4v) is 2.32. The van der Waals surface area contributed by atoms with Gasteiger partial charge in [-0.1, -0.05) is 0 Å². The molecule has 2 unspecified atom stereocenters. The molecule has 1 fully saturated rings. The molecule has 3 nitrogen and oxygen atoms in total. The van der Waals surface area contributed by atoms with Crippen molar-refractivity contribution in [3.05, 3.63) is 16.6 Å². The second-order valence-corrected chi connectivity index (χ2v) is 4.43. The third-order valence-corrected chi connectivity index (χ3v) is 3.25. The summed E-state index contributed by atoms with van der Waals surface area (Å²) in [6.45, 7) is 2.86. The highest BCUT2D eigenvalue weighted by Gasteiger charge is 2.38. The van der Waals surface area contributed by atoms with E-state index in [1.54, 1.807) is 18.4 Å². The van der Waals surface area contributed by atoms with E-state index in [9.17, 15) is 0 Å². The summed E-state index contributed by atoms with van der Waals surface area (Å²) >= 11 is 1.69. The number of hydrogen-bond acceptors (Lipinski definition) is 4. The van der Waals surface area contributed by atoms with Crippen LogP contribution in [0.15, 0.2) is 10.9 Å². The maximum atomic E-state index is 4.97. The highest BCUT2D eigenvalue weighted by atomic mass is 32.1. The molecule has 78 valence electrons. The minimum Gasteiger partial charge on any atom is -0.383 e. The number of rotatable bonds is 6. The van der Waals surface area contributed by atoms with Gasteiger partial charge >= 0.3 is 0 Å². The van der Waals surface area contributed by atoms with Crippen molar-refractivity contribution in [3.63, 3.8) is 0 Å². The molecule has 1 aliphatic rings. The molecule has 0 saturated heterocycles. The molecule has 1 N–H and O–H groups in total. The lowest BCUT2D eigenvalue weighted by atomic mass is 10.2. The van der Waals surface area contributed by atoms with Crippen LogP contribution in [0.3, 0.4) is 0 Å². The topological polar surface area (TPSA) is 34.1 Å². The van der Waals surface area contributed by atoms with Gasteiger partial charge < -0.3 is 10.1 Å². The Kier molecular flexibility index (Phi) is 3.50. The van der Waals surface area contributed by atoms with Crippen LogP contribution in [0.4, 0.5) is 0 Å². The zero-order valence-electron chi connectivity index (χ0n) is 8.40. The Morgan fingerprint density at radius 2 is 2.64 bits per heavy atom. The van der Waals surface area contributed by atoms with Crippen molar-refractivity contribution in [2.45, 2.75) is 12.3 Å². The minimum atomic E-state index is 0.719. The van der Waals surface area contributed by atoms with Crippen LogP contribution in [0.2, 0.25) is 0 Å². The first-order valence-electron chi connectivity index (χ1n) is 4.99. The molecule has 4 heteroatoms. The first-order chi connectivity index (χ1) is 6.92. The van der Waals surface area contributed by atoms with Gasteiger partial charge in [0.05, 0.1) is 17.8 Å². The standard InChI is InChI=1S/C10H16N2OS/c1-13-3-2-11-5-8-4-9(8)10-6-14-7-12-10/h6-9,11H,2-5H2,1H3. The Morgan fingerprint density at radius 3 is 3.36 bits per heavy atom. The van der Waals surface area contributed by atoms with Crippen LogP contribution in [0, 0.1) is 5.92 Å². The van der Waals surface area contributed by atoms with Gasteiger partial charge in [-0.05, 0) is 18.9 Å². The molecule has 0 bridgehead atoms. The van der Waals surface area contributed by atoms with Gasteiger partial charge in [-0.3, -0.25) is 0 Å². The number of ether oxygens (including phenoxy) is 1. The van der Waals surface area contributed by atoms with E-state index in [2.05, 4.69) is 15.7 Å². The van der Waals surface area contributed by atoms with Gasteiger partial charge in [-0.2, -0.15) is 0 Å². The van der Waals surface area contributed by atoms with Crippen molar-refractivity contribution in [2.24, 2.45) is 5.92 Å². The zero-order chi connectivity index (χ0) is 9.80. The predicted molar refractivity (Wildman–Crippen MR) is 57.7 cm³/mol. The van der Waals surface area contributed by atoms with Crippen molar-refractivity contribution >= 4 is 11.3 Å². The van der Waals surface area contributed by atoms with Crippen LogP contribution in [0.1, 0.15) is 18.0 Å². The van der Waals surface area contributed by atoms with Crippen molar-refractivity contribution in [3.8, 4) is 0 Å². The average Bonchev–Trinajstić information content (AvgIpc) is 2.77. The van der Waals surface area contributed by atoms with Crippen LogP contribution in [0.25, 0.3) is 0 Å². The van der Waals surface area contributed by atoms with Crippen LogP contribution < -0.4 is 5.32 Å². The molecule has 1 aliphatic carbocycles. The highest BCUT2D eigenvalue weighted by Crippen LogP contribution is 2.46. The zero-order valence-corrected chi connectivity index (χ0v) is 9.22. The molecular formula is C10H16N2OS. The average molecular weight is 212 g/mol. The summed E-state index contributed by atoms with van der Waals surface area (Å²) in [4.78, 5) is 4.34. The quantitative estimate of drug-likeness (QED) is 0.725. The number of aromatic nitrogens is 1. The summed E-state index contributed by atoms with van der Waals surface area (Å²) < 4.78 is 4.97. The summed E-state index contributed by atoms with van der Waals surface area (Å²) in [7, 11) is 1.73. The van der Waals surface area contributed by atoms with Gasteiger partial charge in [0.2, 0.25) is 0 Å². The third-order valence-electron chi connectivity index (χ3n) is 2.64. The largest absolute Gasteiger partial charge is 0.383 e. The Hall–Kier alpha value is -0.450. The fraction of sp³-hybridized carbons (Fsp3) is 0.700. The van der Waals surface area contributed by atoms with Crippen molar-refractivity contribution in [1.29, 1.82) is 0 Å². The van der Waals surface area contributed by atoms with Gasteiger partial charge in [0.1, 0.15) is 0 Å². The van der Waals surface area contributed by atoms with Crippen LogP contribution in [-0.2, 0) is 4.74 Å². The first kappa shape index (κ1) is 10.1. The third kappa shape index (κ3) is 2.53. The normalized spacial score (nSPS) is 25.2.